The predicted octanol–water partition coefficient (Wildman–Crippen LogP) is 0.847. The first kappa shape index (κ1) is 15.8. The van der Waals surface area contributed by atoms with Gasteiger partial charge in [0, 0.05) is 19.1 Å². The van der Waals surface area contributed by atoms with E-state index in [1.165, 1.54) is 4.90 Å². The van der Waals surface area contributed by atoms with E-state index < -0.39 is 11.8 Å². The minimum Gasteiger partial charge on any atom is -0.466 e. The monoisotopic (exact) mass is 296 g/mol. The van der Waals surface area contributed by atoms with E-state index in [0.717, 1.165) is 32.1 Å². The van der Waals surface area contributed by atoms with Gasteiger partial charge in [0.05, 0.1) is 12.5 Å². The molecule has 0 spiro atoms. The largest absolute Gasteiger partial charge is 0.466 e. The van der Waals surface area contributed by atoms with Crippen LogP contribution >= 0.6 is 0 Å². The van der Waals surface area contributed by atoms with E-state index in [1.807, 2.05) is 0 Å². The van der Waals surface area contributed by atoms with Crippen LogP contribution in [0.2, 0.25) is 0 Å². The lowest BCUT2D eigenvalue weighted by Crippen LogP contribution is -2.50. The Kier molecular flexibility index (Phi) is 5.59. The van der Waals surface area contributed by atoms with Gasteiger partial charge in [-0.05, 0) is 32.6 Å². The third-order valence-electron chi connectivity index (χ3n) is 4.21. The predicted molar refractivity (Wildman–Crippen MR) is 76.3 cm³/mol. The molecule has 0 radical (unpaired) electrons. The van der Waals surface area contributed by atoms with E-state index in [9.17, 15) is 14.4 Å². The minimum atomic E-state index is -0.536. The van der Waals surface area contributed by atoms with Crippen molar-refractivity contribution in [3.05, 3.63) is 0 Å². The molecule has 1 atom stereocenters. The SMILES string of the molecule is CCOC(=O)C1CCCN(C(=O)C(=O)NC2CCCC2)C1. The van der Waals surface area contributed by atoms with Gasteiger partial charge in [-0.1, -0.05) is 12.8 Å². The molecule has 1 N–H and O–H groups in total. The van der Waals surface area contributed by atoms with E-state index in [1.54, 1.807) is 6.92 Å². The van der Waals surface area contributed by atoms with Crippen LogP contribution in [0.4, 0.5) is 0 Å². The van der Waals surface area contributed by atoms with E-state index in [2.05, 4.69) is 5.32 Å². The summed E-state index contributed by atoms with van der Waals surface area (Å²) in [5, 5.41) is 2.80. The zero-order valence-corrected chi connectivity index (χ0v) is 12.6. The van der Waals surface area contributed by atoms with E-state index in [4.69, 9.17) is 4.74 Å². The van der Waals surface area contributed by atoms with Gasteiger partial charge in [-0.25, -0.2) is 0 Å². The standard InChI is InChI=1S/C15H24N2O4/c1-2-21-15(20)11-6-5-9-17(10-11)14(19)13(18)16-12-7-3-4-8-12/h11-12H,2-10H2,1H3,(H,16,18). The quantitative estimate of drug-likeness (QED) is 0.619. The highest BCUT2D eigenvalue weighted by molar-refractivity contribution is 6.35. The normalized spacial score (nSPS) is 22.9. The van der Waals surface area contributed by atoms with Gasteiger partial charge >= 0.3 is 17.8 Å². The molecule has 0 aromatic rings. The maximum absolute atomic E-state index is 12.2. The zero-order chi connectivity index (χ0) is 15.2. The molecule has 2 aliphatic rings. The summed E-state index contributed by atoms with van der Waals surface area (Å²) < 4.78 is 5.00. The van der Waals surface area contributed by atoms with Crippen LogP contribution in [-0.4, -0.2) is 48.4 Å². The molecule has 1 saturated heterocycles. The van der Waals surface area contributed by atoms with Gasteiger partial charge in [-0.2, -0.15) is 0 Å². The van der Waals surface area contributed by atoms with Crippen LogP contribution < -0.4 is 5.32 Å². The Hall–Kier alpha value is -1.59. The molecule has 0 aromatic carbocycles. The highest BCUT2D eigenvalue weighted by Crippen LogP contribution is 2.19. The van der Waals surface area contributed by atoms with Crippen molar-refractivity contribution in [3.8, 4) is 0 Å². The number of amides is 2. The van der Waals surface area contributed by atoms with Crippen molar-refractivity contribution in [1.82, 2.24) is 10.2 Å². The van der Waals surface area contributed by atoms with Crippen LogP contribution in [0.15, 0.2) is 0 Å². The molecule has 6 nitrogen and oxygen atoms in total. The molecule has 0 aromatic heterocycles. The number of esters is 1. The summed E-state index contributed by atoms with van der Waals surface area (Å²) in [6.07, 6.45) is 5.55. The van der Waals surface area contributed by atoms with Crippen LogP contribution in [-0.2, 0) is 19.1 Å². The maximum atomic E-state index is 12.2. The highest BCUT2D eigenvalue weighted by Gasteiger charge is 2.32. The Morgan fingerprint density at radius 2 is 1.86 bits per heavy atom. The number of carbonyl (C=O) groups is 3. The molecular weight excluding hydrogens is 272 g/mol. The van der Waals surface area contributed by atoms with Gasteiger partial charge in [-0.3, -0.25) is 14.4 Å². The topological polar surface area (TPSA) is 75.7 Å². The molecular formula is C15H24N2O4. The number of piperidine rings is 1. The van der Waals surface area contributed by atoms with Crippen LogP contribution in [0.5, 0.6) is 0 Å². The van der Waals surface area contributed by atoms with Crippen LogP contribution in [0.25, 0.3) is 0 Å². The van der Waals surface area contributed by atoms with Gasteiger partial charge in [0.2, 0.25) is 0 Å². The van der Waals surface area contributed by atoms with Crippen molar-refractivity contribution in [2.45, 2.75) is 51.5 Å². The smallest absolute Gasteiger partial charge is 0.311 e. The van der Waals surface area contributed by atoms with Gasteiger partial charge in [-0.15, -0.1) is 0 Å². The zero-order valence-electron chi connectivity index (χ0n) is 12.6. The molecule has 2 rings (SSSR count). The number of rotatable bonds is 3. The number of carbonyl (C=O) groups excluding carboxylic acids is 3. The molecule has 6 heteroatoms. The minimum absolute atomic E-state index is 0.132. The molecule has 118 valence electrons. The summed E-state index contributed by atoms with van der Waals surface area (Å²) in [7, 11) is 0. The van der Waals surface area contributed by atoms with Crippen molar-refractivity contribution >= 4 is 17.8 Å². The lowest BCUT2D eigenvalue weighted by atomic mass is 9.98. The highest BCUT2D eigenvalue weighted by atomic mass is 16.5. The molecule has 21 heavy (non-hydrogen) atoms. The fourth-order valence-corrected chi connectivity index (χ4v) is 3.07. The van der Waals surface area contributed by atoms with Crippen molar-refractivity contribution in [3.63, 3.8) is 0 Å². The number of ether oxygens (including phenoxy) is 1. The van der Waals surface area contributed by atoms with Gasteiger partial charge in [0.1, 0.15) is 0 Å². The van der Waals surface area contributed by atoms with Crippen LogP contribution in [0.3, 0.4) is 0 Å². The van der Waals surface area contributed by atoms with Gasteiger partial charge < -0.3 is 15.0 Å². The Morgan fingerprint density at radius 3 is 2.52 bits per heavy atom. The molecule has 1 aliphatic heterocycles. The second kappa shape index (κ2) is 7.43. The maximum Gasteiger partial charge on any atom is 0.311 e. The molecule has 1 saturated carbocycles. The average molecular weight is 296 g/mol. The van der Waals surface area contributed by atoms with Crippen molar-refractivity contribution < 1.29 is 19.1 Å². The number of likely N-dealkylation sites (tertiary alicyclic amines) is 1. The lowest BCUT2D eigenvalue weighted by molar-refractivity contribution is -0.154. The fourth-order valence-electron chi connectivity index (χ4n) is 3.07. The molecule has 1 unspecified atom stereocenters. The second-order valence-electron chi connectivity index (χ2n) is 5.80. The molecule has 1 heterocycles. The van der Waals surface area contributed by atoms with E-state index in [0.29, 0.717) is 19.6 Å². The van der Waals surface area contributed by atoms with Crippen LogP contribution in [0, 0.1) is 5.92 Å². The summed E-state index contributed by atoms with van der Waals surface area (Å²) >= 11 is 0. The number of nitrogens with zero attached hydrogens (tertiary/aromatic N) is 1. The Morgan fingerprint density at radius 1 is 1.14 bits per heavy atom. The fraction of sp³-hybridized carbons (Fsp3) is 0.800. The van der Waals surface area contributed by atoms with Gasteiger partial charge in [0.15, 0.2) is 0 Å². The summed E-state index contributed by atoms with van der Waals surface area (Å²) in [4.78, 5) is 37.4. The van der Waals surface area contributed by atoms with E-state index in [-0.39, 0.29) is 24.5 Å². The summed E-state index contributed by atoms with van der Waals surface area (Å²) in [6, 6.07) is 0.132. The molecule has 0 bridgehead atoms. The van der Waals surface area contributed by atoms with Crippen LogP contribution in [0.1, 0.15) is 45.4 Å². The van der Waals surface area contributed by atoms with Gasteiger partial charge in [0.25, 0.3) is 0 Å². The lowest BCUT2D eigenvalue weighted by Gasteiger charge is -2.31. The van der Waals surface area contributed by atoms with Crippen molar-refractivity contribution in [1.29, 1.82) is 0 Å². The average Bonchev–Trinajstić information content (AvgIpc) is 2.99. The molecule has 2 amide bonds. The number of hydrogen-bond donors (Lipinski definition) is 1. The Bertz CT molecular complexity index is 404. The summed E-state index contributed by atoms with van der Waals surface area (Å²) in [6.45, 7) is 2.92. The first-order chi connectivity index (χ1) is 10.1. The third kappa shape index (κ3) is 4.19. The summed E-state index contributed by atoms with van der Waals surface area (Å²) in [5.74, 6) is -1.63. The number of nitrogens with one attached hydrogen (secondary N) is 1. The Balaban J connectivity index is 1.85. The first-order valence-electron chi connectivity index (χ1n) is 7.88. The third-order valence-corrected chi connectivity index (χ3v) is 4.21. The van der Waals surface area contributed by atoms with Crippen molar-refractivity contribution in [2.75, 3.05) is 19.7 Å². The second-order valence-corrected chi connectivity index (χ2v) is 5.80. The first-order valence-corrected chi connectivity index (χ1v) is 7.88. The molecule has 1 aliphatic carbocycles. The number of hydrogen-bond acceptors (Lipinski definition) is 4. The van der Waals surface area contributed by atoms with E-state index >= 15 is 0 Å². The Labute approximate surface area is 125 Å². The molecule has 2 fully saturated rings. The van der Waals surface area contributed by atoms with Crippen molar-refractivity contribution in [2.24, 2.45) is 5.92 Å². The summed E-state index contributed by atoms with van der Waals surface area (Å²) in [5.41, 5.74) is 0.